The fourth-order valence-electron chi connectivity index (χ4n) is 2.10. The predicted molar refractivity (Wildman–Crippen MR) is 77.4 cm³/mol. The Labute approximate surface area is 115 Å². The van der Waals surface area contributed by atoms with Gasteiger partial charge < -0.3 is 15.8 Å². The van der Waals surface area contributed by atoms with Gasteiger partial charge in [0.05, 0.1) is 7.11 Å². The molecule has 1 aromatic rings. The topological polar surface area (TPSA) is 64.3 Å². The molecule has 0 fully saturated rings. The number of amides is 1. The molecular formula is C15H24N2O2. The van der Waals surface area contributed by atoms with Crippen LogP contribution < -0.4 is 15.8 Å². The minimum Gasteiger partial charge on any atom is -0.497 e. The number of nitrogens with two attached hydrogens (primary N) is 1. The lowest BCUT2D eigenvalue weighted by Crippen LogP contribution is -2.30. The van der Waals surface area contributed by atoms with Crippen molar-refractivity contribution in [2.75, 3.05) is 20.2 Å². The van der Waals surface area contributed by atoms with E-state index in [0.717, 1.165) is 19.3 Å². The van der Waals surface area contributed by atoms with Crippen LogP contribution in [0, 0.1) is 5.92 Å². The number of rotatable bonds is 8. The molecule has 0 saturated carbocycles. The van der Waals surface area contributed by atoms with E-state index in [9.17, 15) is 4.79 Å². The lowest BCUT2D eigenvalue weighted by Gasteiger charge is -2.16. The summed E-state index contributed by atoms with van der Waals surface area (Å²) in [5.74, 6) is 1.10. The molecule has 0 heterocycles. The van der Waals surface area contributed by atoms with Crippen LogP contribution in [-0.4, -0.2) is 26.1 Å². The molecule has 1 rings (SSSR count). The highest BCUT2D eigenvalue weighted by atomic mass is 16.5. The Morgan fingerprint density at radius 2 is 2.21 bits per heavy atom. The molecule has 1 aromatic carbocycles. The van der Waals surface area contributed by atoms with Crippen LogP contribution in [0.25, 0.3) is 0 Å². The molecule has 0 bridgehead atoms. The van der Waals surface area contributed by atoms with Crippen molar-refractivity contribution in [2.24, 2.45) is 11.7 Å². The van der Waals surface area contributed by atoms with Gasteiger partial charge in [0, 0.05) is 12.1 Å². The summed E-state index contributed by atoms with van der Waals surface area (Å²) in [6, 6.07) is 7.17. The summed E-state index contributed by atoms with van der Waals surface area (Å²) in [6.07, 6.45) is 3.15. The number of carbonyl (C=O) groups excluding carboxylic acids is 1. The maximum atomic E-state index is 12.0. The molecule has 0 radical (unpaired) electrons. The fourth-order valence-corrected chi connectivity index (χ4v) is 2.10. The number of hydrogen-bond donors (Lipinski definition) is 2. The van der Waals surface area contributed by atoms with E-state index in [-0.39, 0.29) is 5.91 Å². The van der Waals surface area contributed by atoms with Crippen molar-refractivity contribution in [3.63, 3.8) is 0 Å². The van der Waals surface area contributed by atoms with Crippen molar-refractivity contribution in [3.8, 4) is 5.75 Å². The van der Waals surface area contributed by atoms with Crippen LogP contribution in [0.5, 0.6) is 5.75 Å². The molecule has 4 heteroatoms. The lowest BCUT2D eigenvalue weighted by molar-refractivity contribution is 0.0945. The number of hydrogen-bond acceptors (Lipinski definition) is 3. The molecule has 0 aliphatic carbocycles. The van der Waals surface area contributed by atoms with Crippen LogP contribution in [-0.2, 0) is 0 Å². The Balaban J connectivity index is 2.53. The zero-order valence-electron chi connectivity index (χ0n) is 11.8. The van der Waals surface area contributed by atoms with E-state index in [4.69, 9.17) is 10.5 Å². The first-order chi connectivity index (χ1) is 9.21. The molecule has 0 aromatic heterocycles. The molecule has 1 unspecified atom stereocenters. The zero-order chi connectivity index (χ0) is 14.1. The normalized spacial score (nSPS) is 11.9. The van der Waals surface area contributed by atoms with E-state index in [1.165, 1.54) is 0 Å². The van der Waals surface area contributed by atoms with Crippen molar-refractivity contribution >= 4 is 5.91 Å². The molecule has 0 aliphatic heterocycles. The Hall–Kier alpha value is -1.55. The molecule has 1 amide bonds. The summed E-state index contributed by atoms with van der Waals surface area (Å²) in [5.41, 5.74) is 6.21. The highest BCUT2D eigenvalue weighted by molar-refractivity contribution is 5.94. The number of carbonyl (C=O) groups is 1. The lowest BCUT2D eigenvalue weighted by atomic mass is 10.00. The Kier molecular flexibility index (Phi) is 6.97. The van der Waals surface area contributed by atoms with Gasteiger partial charge >= 0.3 is 0 Å². The first-order valence-electron chi connectivity index (χ1n) is 6.83. The number of methoxy groups -OCH3 is 1. The Morgan fingerprint density at radius 1 is 1.42 bits per heavy atom. The monoisotopic (exact) mass is 264 g/mol. The van der Waals surface area contributed by atoms with E-state index < -0.39 is 0 Å². The van der Waals surface area contributed by atoms with Gasteiger partial charge in [-0.3, -0.25) is 4.79 Å². The van der Waals surface area contributed by atoms with Crippen molar-refractivity contribution in [2.45, 2.75) is 26.2 Å². The van der Waals surface area contributed by atoms with Crippen LogP contribution in [0.2, 0.25) is 0 Å². The zero-order valence-corrected chi connectivity index (χ0v) is 11.8. The van der Waals surface area contributed by atoms with Gasteiger partial charge in [-0.1, -0.05) is 19.4 Å². The summed E-state index contributed by atoms with van der Waals surface area (Å²) >= 11 is 0. The minimum absolute atomic E-state index is 0.0583. The van der Waals surface area contributed by atoms with Crippen LogP contribution >= 0.6 is 0 Å². The molecule has 0 spiro atoms. The molecule has 4 nitrogen and oxygen atoms in total. The second-order valence-electron chi connectivity index (χ2n) is 4.67. The second kappa shape index (κ2) is 8.53. The summed E-state index contributed by atoms with van der Waals surface area (Å²) < 4.78 is 5.11. The third kappa shape index (κ3) is 5.30. The number of benzene rings is 1. The highest BCUT2D eigenvalue weighted by Crippen LogP contribution is 2.13. The van der Waals surface area contributed by atoms with Crippen molar-refractivity contribution in [3.05, 3.63) is 29.8 Å². The van der Waals surface area contributed by atoms with Gasteiger partial charge in [-0.2, -0.15) is 0 Å². The third-order valence-electron chi connectivity index (χ3n) is 3.16. The van der Waals surface area contributed by atoms with Crippen LogP contribution in [0.1, 0.15) is 36.5 Å². The summed E-state index contributed by atoms with van der Waals surface area (Å²) in [7, 11) is 1.59. The molecule has 19 heavy (non-hydrogen) atoms. The van der Waals surface area contributed by atoms with Gasteiger partial charge in [-0.25, -0.2) is 0 Å². The quantitative estimate of drug-likeness (QED) is 0.756. The molecule has 0 aliphatic rings. The first kappa shape index (κ1) is 15.5. The fraction of sp³-hybridized carbons (Fsp3) is 0.533. The minimum atomic E-state index is -0.0583. The SMILES string of the molecule is CCCC(CCN)CNC(=O)c1cccc(OC)c1. The van der Waals surface area contributed by atoms with Crippen LogP contribution in [0.3, 0.4) is 0 Å². The maximum Gasteiger partial charge on any atom is 0.251 e. The van der Waals surface area contributed by atoms with Crippen LogP contribution in [0.4, 0.5) is 0 Å². The second-order valence-corrected chi connectivity index (χ2v) is 4.67. The molecule has 3 N–H and O–H groups in total. The smallest absolute Gasteiger partial charge is 0.251 e. The van der Waals surface area contributed by atoms with E-state index in [2.05, 4.69) is 12.2 Å². The first-order valence-corrected chi connectivity index (χ1v) is 6.83. The molecule has 0 saturated heterocycles. The molecule has 106 valence electrons. The van der Waals surface area contributed by atoms with E-state index in [1.54, 1.807) is 19.2 Å². The third-order valence-corrected chi connectivity index (χ3v) is 3.16. The van der Waals surface area contributed by atoms with Crippen molar-refractivity contribution in [1.29, 1.82) is 0 Å². The van der Waals surface area contributed by atoms with Gasteiger partial charge in [0.15, 0.2) is 0 Å². The number of nitrogens with one attached hydrogen (secondary N) is 1. The summed E-state index contributed by atoms with van der Waals surface area (Å²) in [6.45, 7) is 3.49. The summed E-state index contributed by atoms with van der Waals surface area (Å²) in [4.78, 5) is 12.0. The standard InChI is InChI=1S/C15H24N2O2/c1-3-5-12(8-9-16)11-17-15(18)13-6-4-7-14(10-13)19-2/h4,6-7,10,12H,3,5,8-9,11,16H2,1-2H3,(H,17,18). The average Bonchev–Trinajstić information content (AvgIpc) is 2.45. The van der Waals surface area contributed by atoms with Gasteiger partial charge in [0.25, 0.3) is 5.91 Å². The van der Waals surface area contributed by atoms with E-state index in [1.807, 2.05) is 12.1 Å². The largest absolute Gasteiger partial charge is 0.497 e. The molecular weight excluding hydrogens is 240 g/mol. The molecule has 1 atom stereocenters. The van der Waals surface area contributed by atoms with Crippen molar-refractivity contribution in [1.82, 2.24) is 5.32 Å². The van der Waals surface area contributed by atoms with E-state index in [0.29, 0.717) is 30.3 Å². The van der Waals surface area contributed by atoms with Crippen molar-refractivity contribution < 1.29 is 9.53 Å². The maximum absolute atomic E-state index is 12.0. The Morgan fingerprint density at radius 3 is 2.84 bits per heavy atom. The van der Waals surface area contributed by atoms with Gasteiger partial charge in [-0.05, 0) is 43.5 Å². The van der Waals surface area contributed by atoms with Gasteiger partial charge in [0.1, 0.15) is 5.75 Å². The predicted octanol–water partition coefficient (Wildman–Crippen LogP) is 2.19. The average molecular weight is 264 g/mol. The van der Waals surface area contributed by atoms with Gasteiger partial charge in [-0.15, -0.1) is 0 Å². The van der Waals surface area contributed by atoms with Gasteiger partial charge in [0.2, 0.25) is 0 Å². The number of ether oxygens (including phenoxy) is 1. The Bertz CT molecular complexity index is 387. The van der Waals surface area contributed by atoms with Crippen LogP contribution in [0.15, 0.2) is 24.3 Å². The van der Waals surface area contributed by atoms with E-state index >= 15 is 0 Å². The summed E-state index contributed by atoms with van der Waals surface area (Å²) in [5, 5.41) is 2.97. The highest BCUT2D eigenvalue weighted by Gasteiger charge is 2.11.